The van der Waals surface area contributed by atoms with Gasteiger partial charge >= 0.3 is 11.9 Å². The molecular formula is C24H39N6O7P. The van der Waals surface area contributed by atoms with E-state index in [1.165, 1.54) is 6.33 Å². The SMILES string of the molecule is CC(C)OC(=O)C1(COP(=O)(CO[C@H](C)Cn2cnc3c(N)ncnc32)NC(C)(C)C(=O)OC(C)C)CC1. The van der Waals surface area contributed by atoms with Gasteiger partial charge in [-0.1, -0.05) is 0 Å². The number of hydrogen-bond donors (Lipinski definition) is 2. The largest absolute Gasteiger partial charge is 0.462 e. The number of nitrogen functional groups attached to an aromatic ring is 1. The van der Waals surface area contributed by atoms with Crippen molar-refractivity contribution in [1.82, 2.24) is 24.6 Å². The van der Waals surface area contributed by atoms with Crippen LogP contribution in [-0.2, 0) is 39.4 Å². The second kappa shape index (κ2) is 11.6. The van der Waals surface area contributed by atoms with E-state index in [1.54, 1.807) is 59.4 Å². The lowest BCUT2D eigenvalue weighted by molar-refractivity contribution is -0.156. The van der Waals surface area contributed by atoms with Gasteiger partial charge in [-0.05, 0) is 61.3 Å². The van der Waals surface area contributed by atoms with Gasteiger partial charge in [-0.15, -0.1) is 0 Å². The van der Waals surface area contributed by atoms with Gasteiger partial charge in [0.05, 0.1) is 43.2 Å². The van der Waals surface area contributed by atoms with Crippen LogP contribution in [-0.4, -0.2) is 68.3 Å². The zero-order valence-electron chi connectivity index (χ0n) is 23.1. The van der Waals surface area contributed by atoms with E-state index >= 15 is 0 Å². The van der Waals surface area contributed by atoms with E-state index in [4.69, 9.17) is 24.5 Å². The number of aromatic nitrogens is 4. The van der Waals surface area contributed by atoms with E-state index in [9.17, 15) is 14.2 Å². The van der Waals surface area contributed by atoms with Crippen LogP contribution in [0.15, 0.2) is 12.7 Å². The van der Waals surface area contributed by atoms with E-state index in [2.05, 4.69) is 20.0 Å². The van der Waals surface area contributed by atoms with Crippen LogP contribution in [0.3, 0.4) is 0 Å². The molecule has 2 aromatic rings. The highest BCUT2D eigenvalue weighted by Gasteiger charge is 2.53. The van der Waals surface area contributed by atoms with Gasteiger partial charge in [0.15, 0.2) is 11.5 Å². The van der Waals surface area contributed by atoms with Crippen molar-refractivity contribution in [2.24, 2.45) is 5.41 Å². The zero-order valence-corrected chi connectivity index (χ0v) is 24.0. The summed E-state index contributed by atoms with van der Waals surface area (Å²) in [6, 6.07) is 0. The first-order valence-electron chi connectivity index (χ1n) is 12.6. The number of carbonyl (C=O) groups is 2. The lowest BCUT2D eigenvalue weighted by Crippen LogP contribution is -2.47. The molecule has 2 heterocycles. The average molecular weight is 555 g/mol. The summed E-state index contributed by atoms with van der Waals surface area (Å²) in [7, 11) is -3.82. The molecule has 0 saturated heterocycles. The van der Waals surface area contributed by atoms with Gasteiger partial charge in [-0.25, -0.2) is 20.0 Å². The lowest BCUT2D eigenvalue weighted by atomic mass is 10.1. The number of ether oxygens (including phenoxy) is 3. The van der Waals surface area contributed by atoms with Crippen LogP contribution in [0.5, 0.6) is 0 Å². The molecule has 3 rings (SSSR count). The van der Waals surface area contributed by atoms with E-state index in [1.807, 2.05) is 0 Å². The number of nitrogens with zero attached hydrogens (tertiary/aromatic N) is 4. The van der Waals surface area contributed by atoms with E-state index in [0.29, 0.717) is 30.6 Å². The number of anilines is 1. The van der Waals surface area contributed by atoms with Crippen molar-refractivity contribution in [2.75, 3.05) is 18.7 Å². The fourth-order valence-corrected chi connectivity index (χ4v) is 5.70. The summed E-state index contributed by atoms with van der Waals surface area (Å²) in [5.41, 5.74) is 4.67. The smallest absolute Gasteiger partial charge is 0.326 e. The first-order valence-corrected chi connectivity index (χ1v) is 14.5. The van der Waals surface area contributed by atoms with Crippen molar-refractivity contribution >= 4 is 36.4 Å². The number of carbonyl (C=O) groups excluding carboxylic acids is 2. The summed E-state index contributed by atoms with van der Waals surface area (Å²) in [6.07, 6.45) is 2.61. The second-order valence-corrected chi connectivity index (χ2v) is 12.9. The molecule has 14 heteroatoms. The molecule has 3 N–H and O–H groups in total. The Labute approximate surface area is 222 Å². The molecule has 38 heavy (non-hydrogen) atoms. The number of fused-ring (bicyclic) bond motifs is 1. The normalized spacial score (nSPS) is 17.4. The van der Waals surface area contributed by atoms with Crippen molar-refractivity contribution in [3.8, 4) is 0 Å². The van der Waals surface area contributed by atoms with Gasteiger partial charge in [0.2, 0.25) is 0 Å². The standard InChI is InChI=1S/C24H39N6O7P/c1-15(2)36-21(31)23(6,7)29-38(33,35-11-24(8-9-24)22(32)37-16(3)4)14-34-17(5)10-30-13-28-18-19(25)26-12-27-20(18)30/h12-13,15-17H,8-11,14H2,1-7H3,(H,29,33)(H2,25,26,27)/t17-,38?/m1/s1. The predicted molar refractivity (Wildman–Crippen MR) is 140 cm³/mol. The maximum Gasteiger partial charge on any atom is 0.326 e. The summed E-state index contributed by atoms with van der Waals surface area (Å²) in [5, 5.41) is 2.83. The first kappa shape index (κ1) is 29.9. The Balaban J connectivity index is 1.72. The van der Waals surface area contributed by atoms with E-state index < -0.39 is 30.5 Å². The van der Waals surface area contributed by atoms with Crippen LogP contribution < -0.4 is 10.8 Å². The number of nitrogens with two attached hydrogens (primary N) is 1. The molecule has 0 bridgehead atoms. The molecule has 0 aliphatic heterocycles. The van der Waals surface area contributed by atoms with Crippen molar-refractivity contribution in [3.05, 3.63) is 12.7 Å². The topological polar surface area (TPSA) is 170 Å². The van der Waals surface area contributed by atoms with Gasteiger partial charge in [0, 0.05) is 0 Å². The quantitative estimate of drug-likeness (QED) is 0.259. The van der Waals surface area contributed by atoms with Gasteiger partial charge in [-0.2, -0.15) is 0 Å². The second-order valence-electron chi connectivity index (χ2n) is 10.8. The number of esters is 2. The Bertz CT molecular complexity index is 1190. The number of nitrogens with one attached hydrogen (secondary N) is 1. The Morgan fingerprint density at radius 2 is 1.79 bits per heavy atom. The first-order chi connectivity index (χ1) is 17.7. The molecule has 13 nitrogen and oxygen atoms in total. The summed E-state index contributed by atoms with van der Waals surface area (Å²) < 4.78 is 38.3. The van der Waals surface area contributed by atoms with Gasteiger partial charge in [0.1, 0.15) is 23.7 Å². The number of rotatable bonds is 14. The summed E-state index contributed by atoms with van der Waals surface area (Å²) >= 11 is 0. The van der Waals surface area contributed by atoms with Crippen LogP contribution in [0, 0.1) is 5.41 Å². The maximum atomic E-state index is 14.0. The highest BCUT2D eigenvalue weighted by Crippen LogP contribution is 2.53. The summed E-state index contributed by atoms with van der Waals surface area (Å²) in [5.74, 6) is -0.711. The minimum absolute atomic E-state index is 0.127. The fraction of sp³-hybridized carbons (Fsp3) is 0.708. The third kappa shape index (κ3) is 7.49. The minimum Gasteiger partial charge on any atom is -0.462 e. The molecule has 2 aromatic heterocycles. The molecule has 0 spiro atoms. The number of hydrogen-bond acceptors (Lipinski definition) is 11. The zero-order chi connectivity index (χ0) is 28.3. The highest BCUT2D eigenvalue weighted by molar-refractivity contribution is 7.56. The van der Waals surface area contributed by atoms with Crippen molar-refractivity contribution < 1.29 is 32.9 Å². The molecule has 0 amide bonds. The molecule has 1 fully saturated rings. The molecule has 0 radical (unpaired) electrons. The predicted octanol–water partition coefficient (Wildman–Crippen LogP) is 3.03. The lowest BCUT2D eigenvalue weighted by Gasteiger charge is -2.31. The third-order valence-corrected chi connectivity index (χ3v) is 7.83. The molecular weight excluding hydrogens is 515 g/mol. The molecule has 0 aromatic carbocycles. The van der Waals surface area contributed by atoms with E-state index in [0.717, 1.165) is 0 Å². The monoisotopic (exact) mass is 554 g/mol. The van der Waals surface area contributed by atoms with Crippen LogP contribution in [0.25, 0.3) is 11.2 Å². The molecule has 1 saturated carbocycles. The van der Waals surface area contributed by atoms with Crippen LogP contribution in [0.2, 0.25) is 0 Å². The Morgan fingerprint density at radius 1 is 1.13 bits per heavy atom. The van der Waals surface area contributed by atoms with Crippen molar-refractivity contribution in [3.63, 3.8) is 0 Å². The minimum atomic E-state index is -3.82. The third-order valence-electron chi connectivity index (χ3n) is 5.89. The fourth-order valence-electron chi connectivity index (χ4n) is 3.65. The average Bonchev–Trinajstić information content (AvgIpc) is 3.50. The van der Waals surface area contributed by atoms with Gasteiger partial charge < -0.3 is 29.0 Å². The molecule has 1 aliphatic carbocycles. The number of imidazole rings is 1. The van der Waals surface area contributed by atoms with Crippen molar-refractivity contribution in [2.45, 2.75) is 91.7 Å². The van der Waals surface area contributed by atoms with Crippen molar-refractivity contribution in [1.29, 1.82) is 0 Å². The van der Waals surface area contributed by atoms with Gasteiger partial charge in [0.25, 0.3) is 7.52 Å². The van der Waals surface area contributed by atoms with Crippen LogP contribution >= 0.6 is 7.52 Å². The Hall–Kier alpha value is -2.60. The maximum absolute atomic E-state index is 14.0. The molecule has 1 aliphatic rings. The highest BCUT2D eigenvalue weighted by atomic mass is 31.2. The van der Waals surface area contributed by atoms with Gasteiger partial charge in [-0.3, -0.25) is 14.2 Å². The van der Waals surface area contributed by atoms with Crippen LogP contribution in [0.4, 0.5) is 5.82 Å². The molecule has 1 unspecified atom stereocenters. The Kier molecular flexibility index (Phi) is 9.18. The molecule has 2 atom stereocenters. The summed E-state index contributed by atoms with van der Waals surface area (Å²) in [6.45, 7) is 12.1. The van der Waals surface area contributed by atoms with E-state index in [-0.39, 0.29) is 36.9 Å². The van der Waals surface area contributed by atoms with Crippen LogP contribution in [0.1, 0.15) is 61.3 Å². The Morgan fingerprint density at radius 3 is 2.39 bits per heavy atom. The summed E-state index contributed by atoms with van der Waals surface area (Å²) in [4.78, 5) is 37.7. The molecule has 212 valence electrons.